The van der Waals surface area contributed by atoms with Gasteiger partial charge in [-0.1, -0.05) is 38.1 Å². The maximum absolute atomic E-state index is 12.4. The molecule has 0 spiro atoms. The van der Waals surface area contributed by atoms with Crippen LogP contribution in [0.15, 0.2) is 53.4 Å². The average molecular weight is 416 g/mol. The van der Waals surface area contributed by atoms with Gasteiger partial charge in [0, 0.05) is 24.7 Å². The topological polar surface area (TPSA) is 78.5 Å². The molecule has 7 heteroatoms. The summed E-state index contributed by atoms with van der Waals surface area (Å²) in [6.07, 6.45) is 1.81. The fourth-order valence-corrected chi connectivity index (χ4v) is 4.33. The standard InChI is InChI=1S/C22H29N3O3S/c1-3-25(4-2)16-18-5-9-19(10-6-18)22(26)23-15-17-7-13-21(14-8-17)29(27,28)24-20-11-12-20/h5-10,13-14,20,24H,3-4,11-12,15-16H2,1-2H3,(H,23,26). The van der Waals surface area contributed by atoms with Crippen molar-refractivity contribution in [3.63, 3.8) is 0 Å². The zero-order valence-corrected chi connectivity index (χ0v) is 17.8. The van der Waals surface area contributed by atoms with Crippen LogP contribution >= 0.6 is 0 Å². The first kappa shape index (κ1) is 21.5. The summed E-state index contributed by atoms with van der Waals surface area (Å²) in [5, 5.41) is 2.88. The first-order valence-electron chi connectivity index (χ1n) is 10.1. The molecule has 2 N–H and O–H groups in total. The van der Waals surface area contributed by atoms with Crippen LogP contribution in [0.4, 0.5) is 0 Å². The number of carbonyl (C=O) groups excluding carboxylic acids is 1. The third-order valence-electron chi connectivity index (χ3n) is 5.10. The van der Waals surface area contributed by atoms with Gasteiger partial charge in [0.15, 0.2) is 0 Å². The molecule has 29 heavy (non-hydrogen) atoms. The second kappa shape index (κ2) is 9.52. The number of nitrogens with one attached hydrogen (secondary N) is 2. The van der Waals surface area contributed by atoms with Crippen LogP contribution in [0.25, 0.3) is 0 Å². The molecule has 1 saturated carbocycles. The van der Waals surface area contributed by atoms with Crippen molar-refractivity contribution >= 4 is 15.9 Å². The highest BCUT2D eigenvalue weighted by Gasteiger charge is 2.27. The van der Waals surface area contributed by atoms with Gasteiger partial charge in [-0.3, -0.25) is 9.69 Å². The highest BCUT2D eigenvalue weighted by Crippen LogP contribution is 2.22. The molecule has 0 bridgehead atoms. The van der Waals surface area contributed by atoms with Crippen molar-refractivity contribution in [1.29, 1.82) is 0 Å². The summed E-state index contributed by atoms with van der Waals surface area (Å²) in [4.78, 5) is 15.0. The van der Waals surface area contributed by atoms with Crippen LogP contribution in [0.2, 0.25) is 0 Å². The molecule has 0 unspecified atom stereocenters. The largest absolute Gasteiger partial charge is 0.348 e. The van der Waals surface area contributed by atoms with E-state index in [1.165, 1.54) is 5.56 Å². The molecule has 0 atom stereocenters. The molecule has 6 nitrogen and oxygen atoms in total. The Morgan fingerprint density at radius 2 is 1.55 bits per heavy atom. The van der Waals surface area contributed by atoms with E-state index < -0.39 is 10.0 Å². The van der Waals surface area contributed by atoms with Crippen LogP contribution in [-0.4, -0.2) is 38.4 Å². The van der Waals surface area contributed by atoms with E-state index in [4.69, 9.17) is 0 Å². The summed E-state index contributed by atoms with van der Waals surface area (Å²) < 4.78 is 27.0. The number of hydrogen-bond acceptors (Lipinski definition) is 4. The molecule has 3 rings (SSSR count). The van der Waals surface area contributed by atoms with Crippen LogP contribution in [0.3, 0.4) is 0 Å². The van der Waals surface area contributed by atoms with Gasteiger partial charge in [-0.2, -0.15) is 0 Å². The Bertz CT molecular complexity index is 917. The SMILES string of the molecule is CCN(CC)Cc1ccc(C(=O)NCc2ccc(S(=O)(=O)NC3CC3)cc2)cc1. The van der Waals surface area contributed by atoms with Crippen molar-refractivity contribution in [2.24, 2.45) is 0 Å². The van der Waals surface area contributed by atoms with Crippen LogP contribution < -0.4 is 10.0 Å². The summed E-state index contributed by atoms with van der Waals surface area (Å²) in [5.74, 6) is -0.147. The van der Waals surface area contributed by atoms with Crippen LogP contribution in [0.5, 0.6) is 0 Å². The number of nitrogens with zero attached hydrogens (tertiary/aromatic N) is 1. The highest BCUT2D eigenvalue weighted by atomic mass is 32.2. The van der Waals surface area contributed by atoms with Gasteiger partial charge >= 0.3 is 0 Å². The van der Waals surface area contributed by atoms with Gasteiger partial charge < -0.3 is 5.32 Å². The van der Waals surface area contributed by atoms with Crippen molar-refractivity contribution < 1.29 is 13.2 Å². The minimum Gasteiger partial charge on any atom is -0.348 e. The predicted octanol–water partition coefficient (Wildman–Crippen LogP) is 2.90. The molecule has 0 heterocycles. The van der Waals surface area contributed by atoms with Gasteiger partial charge in [0.2, 0.25) is 10.0 Å². The maximum atomic E-state index is 12.4. The number of hydrogen-bond donors (Lipinski definition) is 2. The van der Waals surface area contributed by atoms with E-state index in [9.17, 15) is 13.2 Å². The lowest BCUT2D eigenvalue weighted by molar-refractivity contribution is 0.0951. The van der Waals surface area contributed by atoms with E-state index in [2.05, 4.69) is 28.8 Å². The Labute approximate surface area is 173 Å². The smallest absolute Gasteiger partial charge is 0.251 e. The Balaban J connectivity index is 1.53. The van der Waals surface area contributed by atoms with E-state index in [0.717, 1.165) is 38.0 Å². The Hall–Kier alpha value is -2.22. The molecule has 1 fully saturated rings. The van der Waals surface area contributed by atoms with E-state index in [1.54, 1.807) is 24.3 Å². The van der Waals surface area contributed by atoms with Crippen LogP contribution in [-0.2, 0) is 23.1 Å². The maximum Gasteiger partial charge on any atom is 0.251 e. The lowest BCUT2D eigenvalue weighted by Gasteiger charge is -2.18. The molecular formula is C22H29N3O3S. The molecule has 0 aromatic heterocycles. The monoisotopic (exact) mass is 415 g/mol. The average Bonchev–Trinajstić information content (AvgIpc) is 3.54. The van der Waals surface area contributed by atoms with Gasteiger partial charge in [0.25, 0.3) is 5.91 Å². The van der Waals surface area contributed by atoms with E-state index in [1.807, 2.05) is 24.3 Å². The fourth-order valence-electron chi connectivity index (χ4n) is 3.03. The Morgan fingerprint density at radius 1 is 0.966 bits per heavy atom. The molecule has 2 aromatic rings. The van der Waals surface area contributed by atoms with Crippen molar-refractivity contribution in [2.75, 3.05) is 13.1 Å². The van der Waals surface area contributed by atoms with Gasteiger partial charge in [0.05, 0.1) is 4.90 Å². The first-order chi connectivity index (χ1) is 13.9. The Kier molecular flexibility index (Phi) is 7.05. The number of amides is 1. The molecule has 1 aliphatic rings. The third-order valence-corrected chi connectivity index (χ3v) is 6.64. The summed E-state index contributed by atoms with van der Waals surface area (Å²) in [5.41, 5.74) is 2.64. The summed E-state index contributed by atoms with van der Waals surface area (Å²) in [6, 6.07) is 14.4. The van der Waals surface area contributed by atoms with Crippen molar-refractivity contribution in [2.45, 2.75) is 50.7 Å². The number of sulfonamides is 1. The summed E-state index contributed by atoms with van der Waals surface area (Å²) in [6.45, 7) is 7.48. The minimum atomic E-state index is -3.45. The van der Waals surface area contributed by atoms with Gasteiger partial charge in [-0.25, -0.2) is 13.1 Å². The molecule has 0 aliphatic heterocycles. The van der Waals surface area contributed by atoms with Gasteiger partial charge in [0.1, 0.15) is 0 Å². The lowest BCUT2D eigenvalue weighted by atomic mass is 10.1. The van der Waals surface area contributed by atoms with Crippen molar-refractivity contribution in [3.05, 3.63) is 65.2 Å². The minimum absolute atomic E-state index is 0.0809. The predicted molar refractivity (Wildman–Crippen MR) is 114 cm³/mol. The molecule has 156 valence electrons. The van der Waals surface area contributed by atoms with E-state index in [-0.39, 0.29) is 16.8 Å². The van der Waals surface area contributed by atoms with Crippen molar-refractivity contribution in [1.82, 2.24) is 14.9 Å². The second-order valence-electron chi connectivity index (χ2n) is 7.38. The molecular weight excluding hydrogens is 386 g/mol. The van der Waals surface area contributed by atoms with Gasteiger partial charge in [-0.05, 0) is 61.3 Å². The molecule has 2 aromatic carbocycles. The number of rotatable bonds is 10. The zero-order chi connectivity index (χ0) is 20.9. The fraction of sp³-hybridized carbons (Fsp3) is 0.409. The van der Waals surface area contributed by atoms with E-state index in [0.29, 0.717) is 12.1 Å². The first-order valence-corrected chi connectivity index (χ1v) is 11.6. The molecule has 1 aliphatic carbocycles. The van der Waals surface area contributed by atoms with Crippen LogP contribution in [0.1, 0.15) is 48.2 Å². The zero-order valence-electron chi connectivity index (χ0n) is 17.0. The highest BCUT2D eigenvalue weighted by molar-refractivity contribution is 7.89. The summed E-state index contributed by atoms with van der Waals surface area (Å²) >= 11 is 0. The van der Waals surface area contributed by atoms with Crippen LogP contribution in [0, 0.1) is 0 Å². The Morgan fingerprint density at radius 3 is 2.10 bits per heavy atom. The normalized spacial score (nSPS) is 14.2. The number of carbonyl (C=O) groups is 1. The lowest BCUT2D eigenvalue weighted by Crippen LogP contribution is -2.26. The van der Waals surface area contributed by atoms with Crippen molar-refractivity contribution in [3.8, 4) is 0 Å². The molecule has 1 amide bonds. The van der Waals surface area contributed by atoms with E-state index >= 15 is 0 Å². The molecule has 0 radical (unpaired) electrons. The summed E-state index contributed by atoms with van der Waals surface area (Å²) in [7, 11) is -3.45. The molecule has 0 saturated heterocycles. The van der Waals surface area contributed by atoms with Gasteiger partial charge in [-0.15, -0.1) is 0 Å². The third kappa shape index (κ3) is 6.13. The second-order valence-corrected chi connectivity index (χ2v) is 9.09. The quantitative estimate of drug-likeness (QED) is 0.625. The number of benzene rings is 2.